The molecule has 0 atom stereocenters. The molecule has 0 spiro atoms. The lowest BCUT2D eigenvalue weighted by Gasteiger charge is -2.06. The number of aromatic amines is 1. The van der Waals surface area contributed by atoms with Crippen LogP contribution >= 0.6 is 0 Å². The lowest BCUT2D eigenvalue weighted by Crippen LogP contribution is -2.00. The Morgan fingerprint density at radius 3 is 2.81 bits per heavy atom. The van der Waals surface area contributed by atoms with Gasteiger partial charge in [-0.1, -0.05) is 6.07 Å². The van der Waals surface area contributed by atoms with Crippen LogP contribution in [0.4, 0.5) is 0 Å². The summed E-state index contributed by atoms with van der Waals surface area (Å²) < 4.78 is 5.03. The van der Waals surface area contributed by atoms with Crippen molar-refractivity contribution in [3.8, 4) is 16.9 Å². The normalized spacial score (nSPS) is 10.1. The minimum Gasteiger partial charge on any atom is -0.496 e. The number of aromatic carboxylic acids is 1. The van der Waals surface area contributed by atoms with Gasteiger partial charge in [0.25, 0.3) is 0 Å². The number of nitrogens with one attached hydrogen (secondary N) is 1. The molecule has 0 aliphatic rings. The number of hydrogen-bond donors (Lipinski definition) is 2. The number of rotatable bonds is 3. The van der Waals surface area contributed by atoms with Gasteiger partial charge in [0.15, 0.2) is 0 Å². The number of benzene rings is 1. The van der Waals surface area contributed by atoms with Crippen molar-refractivity contribution in [2.75, 3.05) is 7.11 Å². The number of carboxylic acid groups (broad SMARTS) is 1. The van der Waals surface area contributed by atoms with Crippen molar-refractivity contribution in [1.29, 1.82) is 0 Å². The Bertz CT molecular complexity index is 506. The molecule has 0 amide bonds. The summed E-state index contributed by atoms with van der Waals surface area (Å²) in [5.74, 6) is -0.665. The van der Waals surface area contributed by atoms with Gasteiger partial charge in [0.1, 0.15) is 11.3 Å². The molecule has 0 saturated heterocycles. The Kier molecular flexibility index (Phi) is 2.59. The molecule has 0 radical (unpaired) electrons. The van der Waals surface area contributed by atoms with E-state index in [4.69, 9.17) is 9.84 Å². The fourth-order valence-electron chi connectivity index (χ4n) is 1.46. The zero-order valence-electron chi connectivity index (χ0n) is 8.60. The van der Waals surface area contributed by atoms with Crippen LogP contribution in [0.2, 0.25) is 0 Å². The van der Waals surface area contributed by atoms with Crippen LogP contribution in [0.5, 0.6) is 5.75 Å². The van der Waals surface area contributed by atoms with Crippen molar-refractivity contribution < 1.29 is 14.6 Å². The van der Waals surface area contributed by atoms with Crippen molar-refractivity contribution in [3.05, 3.63) is 36.2 Å². The van der Waals surface area contributed by atoms with E-state index in [1.165, 1.54) is 13.2 Å². The second-order valence-electron chi connectivity index (χ2n) is 3.21. The van der Waals surface area contributed by atoms with E-state index in [2.05, 4.69) is 10.2 Å². The van der Waals surface area contributed by atoms with Crippen molar-refractivity contribution in [3.63, 3.8) is 0 Å². The SMILES string of the molecule is COc1cc(-c2cn[nH]c2)ccc1C(=O)O. The Balaban J connectivity index is 2.49. The topological polar surface area (TPSA) is 75.2 Å². The fourth-order valence-corrected chi connectivity index (χ4v) is 1.46. The van der Waals surface area contributed by atoms with E-state index in [9.17, 15) is 4.79 Å². The van der Waals surface area contributed by atoms with Gasteiger partial charge in [0.2, 0.25) is 0 Å². The first-order valence-corrected chi connectivity index (χ1v) is 4.63. The van der Waals surface area contributed by atoms with Crippen LogP contribution in [0.3, 0.4) is 0 Å². The molecule has 2 N–H and O–H groups in total. The molecule has 16 heavy (non-hydrogen) atoms. The second kappa shape index (κ2) is 4.06. The Labute approximate surface area is 91.7 Å². The number of ether oxygens (including phenoxy) is 1. The minimum absolute atomic E-state index is 0.148. The molecule has 1 aromatic carbocycles. The maximum Gasteiger partial charge on any atom is 0.339 e. The third-order valence-electron chi connectivity index (χ3n) is 2.26. The summed E-state index contributed by atoms with van der Waals surface area (Å²) in [4.78, 5) is 10.9. The van der Waals surface area contributed by atoms with Crippen LogP contribution < -0.4 is 4.74 Å². The van der Waals surface area contributed by atoms with Gasteiger partial charge >= 0.3 is 5.97 Å². The summed E-state index contributed by atoms with van der Waals surface area (Å²) >= 11 is 0. The molecule has 82 valence electrons. The van der Waals surface area contributed by atoms with E-state index in [1.807, 2.05) is 0 Å². The summed E-state index contributed by atoms with van der Waals surface area (Å²) in [6, 6.07) is 4.91. The number of H-pyrrole nitrogens is 1. The van der Waals surface area contributed by atoms with Crippen molar-refractivity contribution in [2.45, 2.75) is 0 Å². The standard InChI is InChI=1S/C11H10N2O3/c1-16-10-4-7(8-5-12-13-6-8)2-3-9(10)11(14)15/h2-6H,1H3,(H,12,13)(H,14,15). The Morgan fingerprint density at radius 1 is 1.44 bits per heavy atom. The number of methoxy groups -OCH3 is 1. The van der Waals surface area contributed by atoms with Gasteiger partial charge in [-0.05, 0) is 17.7 Å². The summed E-state index contributed by atoms with van der Waals surface area (Å²) in [6.45, 7) is 0. The second-order valence-corrected chi connectivity index (χ2v) is 3.21. The monoisotopic (exact) mass is 218 g/mol. The van der Waals surface area contributed by atoms with Gasteiger partial charge in [-0.25, -0.2) is 4.79 Å². The molecule has 1 aromatic heterocycles. The van der Waals surface area contributed by atoms with Gasteiger partial charge in [-0.2, -0.15) is 5.10 Å². The zero-order valence-corrected chi connectivity index (χ0v) is 8.60. The molecule has 5 nitrogen and oxygen atoms in total. The maximum absolute atomic E-state index is 10.9. The first kappa shape index (κ1) is 10.2. The quantitative estimate of drug-likeness (QED) is 0.823. The van der Waals surface area contributed by atoms with Gasteiger partial charge in [0.05, 0.1) is 13.3 Å². The predicted octanol–water partition coefficient (Wildman–Crippen LogP) is 1.78. The fraction of sp³-hybridized carbons (Fsp3) is 0.0909. The Hall–Kier alpha value is -2.30. The third kappa shape index (κ3) is 1.75. The first-order valence-electron chi connectivity index (χ1n) is 4.63. The molecule has 0 bridgehead atoms. The van der Waals surface area contributed by atoms with Crippen LogP contribution in [0, 0.1) is 0 Å². The van der Waals surface area contributed by atoms with E-state index >= 15 is 0 Å². The summed E-state index contributed by atoms with van der Waals surface area (Å²) in [6.07, 6.45) is 3.39. The van der Waals surface area contributed by atoms with Crippen LogP contribution in [-0.2, 0) is 0 Å². The molecule has 0 unspecified atom stereocenters. The molecular formula is C11H10N2O3. The van der Waals surface area contributed by atoms with Crippen molar-refractivity contribution in [2.24, 2.45) is 0 Å². The average molecular weight is 218 g/mol. The molecular weight excluding hydrogens is 208 g/mol. The average Bonchev–Trinajstić information content (AvgIpc) is 2.81. The first-order chi connectivity index (χ1) is 7.72. The lowest BCUT2D eigenvalue weighted by molar-refractivity contribution is 0.0693. The predicted molar refractivity (Wildman–Crippen MR) is 57.5 cm³/mol. The zero-order chi connectivity index (χ0) is 11.5. The van der Waals surface area contributed by atoms with E-state index in [0.29, 0.717) is 5.75 Å². The molecule has 0 fully saturated rings. The van der Waals surface area contributed by atoms with Crippen LogP contribution in [0.1, 0.15) is 10.4 Å². The van der Waals surface area contributed by atoms with Gasteiger partial charge in [-0.15, -0.1) is 0 Å². The molecule has 0 saturated carbocycles. The number of nitrogens with zero attached hydrogens (tertiary/aromatic N) is 1. The van der Waals surface area contributed by atoms with Crippen LogP contribution in [0.25, 0.3) is 11.1 Å². The molecule has 2 rings (SSSR count). The van der Waals surface area contributed by atoms with Crippen molar-refractivity contribution >= 4 is 5.97 Å². The highest BCUT2D eigenvalue weighted by Gasteiger charge is 2.11. The van der Waals surface area contributed by atoms with Gasteiger partial charge in [-0.3, -0.25) is 5.10 Å². The highest BCUT2D eigenvalue weighted by Crippen LogP contribution is 2.26. The third-order valence-corrected chi connectivity index (χ3v) is 2.26. The van der Waals surface area contributed by atoms with Crippen LogP contribution in [0.15, 0.2) is 30.6 Å². The van der Waals surface area contributed by atoms with E-state index in [1.54, 1.807) is 24.5 Å². The number of aromatic nitrogens is 2. The highest BCUT2D eigenvalue weighted by atomic mass is 16.5. The Morgan fingerprint density at radius 2 is 2.25 bits per heavy atom. The summed E-state index contributed by atoms with van der Waals surface area (Å²) in [5.41, 5.74) is 1.89. The smallest absolute Gasteiger partial charge is 0.339 e. The lowest BCUT2D eigenvalue weighted by atomic mass is 10.1. The van der Waals surface area contributed by atoms with Gasteiger partial charge in [0, 0.05) is 11.8 Å². The van der Waals surface area contributed by atoms with Gasteiger partial charge < -0.3 is 9.84 Å². The maximum atomic E-state index is 10.9. The summed E-state index contributed by atoms with van der Waals surface area (Å²) in [7, 11) is 1.45. The molecule has 1 heterocycles. The van der Waals surface area contributed by atoms with E-state index in [-0.39, 0.29) is 5.56 Å². The van der Waals surface area contributed by atoms with E-state index in [0.717, 1.165) is 11.1 Å². The van der Waals surface area contributed by atoms with Crippen molar-refractivity contribution in [1.82, 2.24) is 10.2 Å². The largest absolute Gasteiger partial charge is 0.496 e. The van der Waals surface area contributed by atoms with Crippen LogP contribution in [-0.4, -0.2) is 28.4 Å². The molecule has 2 aromatic rings. The van der Waals surface area contributed by atoms with E-state index < -0.39 is 5.97 Å². The molecule has 5 heteroatoms. The number of carbonyl (C=O) groups is 1. The molecule has 0 aliphatic carbocycles. The highest BCUT2D eigenvalue weighted by molar-refractivity contribution is 5.91. The minimum atomic E-state index is -1.00. The number of hydrogen-bond acceptors (Lipinski definition) is 3. The molecule has 0 aliphatic heterocycles. The summed E-state index contributed by atoms with van der Waals surface area (Å²) in [5, 5.41) is 15.4. The number of carboxylic acids is 1.